The maximum absolute atomic E-state index is 10.5. The van der Waals surface area contributed by atoms with Crippen molar-refractivity contribution in [3.63, 3.8) is 0 Å². The largest absolute Gasteiger partial charge is 0.364 e. The van der Waals surface area contributed by atoms with E-state index in [1.807, 2.05) is 13.0 Å². The van der Waals surface area contributed by atoms with Crippen molar-refractivity contribution >= 4 is 11.5 Å². The Labute approximate surface area is 104 Å². The maximum atomic E-state index is 10.5. The lowest BCUT2D eigenvalue weighted by atomic mass is 10.2. The molecule has 0 amide bonds. The lowest BCUT2D eigenvalue weighted by molar-refractivity contribution is -0.384. The van der Waals surface area contributed by atoms with Crippen molar-refractivity contribution in [2.24, 2.45) is 0 Å². The van der Waals surface area contributed by atoms with E-state index in [1.165, 1.54) is 12.1 Å². The molecule has 0 unspecified atom stereocenters. The zero-order valence-corrected chi connectivity index (χ0v) is 9.83. The van der Waals surface area contributed by atoms with Crippen LogP contribution in [-0.4, -0.2) is 15.1 Å². The van der Waals surface area contributed by atoms with Gasteiger partial charge in [-0.1, -0.05) is 12.1 Å². The molecule has 0 fully saturated rings. The molecule has 0 radical (unpaired) electrons. The van der Waals surface area contributed by atoms with Gasteiger partial charge in [0.1, 0.15) is 5.82 Å². The number of anilines is 1. The second-order valence-corrected chi connectivity index (χ2v) is 3.90. The van der Waals surface area contributed by atoms with Gasteiger partial charge in [-0.3, -0.25) is 10.1 Å². The fourth-order valence-corrected chi connectivity index (χ4v) is 1.48. The number of nitrogens with one attached hydrogen (secondary N) is 1. The standard InChI is InChI=1S/C12H12N4O2/c1-9-6-12(15-14-7-9)13-8-10-2-4-11(5-3-10)16(17)18/h2-7H,8H2,1H3,(H,13,15). The lowest BCUT2D eigenvalue weighted by Crippen LogP contribution is -2.02. The summed E-state index contributed by atoms with van der Waals surface area (Å²) in [5.74, 6) is 0.688. The van der Waals surface area contributed by atoms with E-state index in [4.69, 9.17) is 0 Å². The zero-order chi connectivity index (χ0) is 13.0. The van der Waals surface area contributed by atoms with Crippen molar-refractivity contribution in [1.82, 2.24) is 10.2 Å². The van der Waals surface area contributed by atoms with Crippen molar-refractivity contribution in [1.29, 1.82) is 0 Å². The van der Waals surface area contributed by atoms with Gasteiger partial charge >= 0.3 is 0 Å². The summed E-state index contributed by atoms with van der Waals surface area (Å²) in [6.45, 7) is 2.49. The van der Waals surface area contributed by atoms with Crippen molar-refractivity contribution in [2.75, 3.05) is 5.32 Å². The Hall–Kier alpha value is -2.50. The predicted molar refractivity (Wildman–Crippen MR) is 67.2 cm³/mol. The molecule has 0 bridgehead atoms. The van der Waals surface area contributed by atoms with Gasteiger partial charge in [-0.05, 0) is 24.1 Å². The Kier molecular flexibility index (Phi) is 3.47. The first kappa shape index (κ1) is 12.0. The van der Waals surface area contributed by atoms with Crippen molar-refractivity contribution < 1.29 is 4.92 Å². The van der Waals surface area contributed by atoms with E-state index in [1.54, 1.807) is 18.3 Å². The van der Waals surface area contributed by atoms with Crippen molar-refractivity contribution in [3.05, 3.63) is 57.8 Å². The van der Waals surface area contributed by atoms with Gasteiger partial charge in [0.15, 0.2) is 0 Å². The molecule has 1 aromatic heterocycles. The highest BCUT2D eigenvalue weighted by atomic mass is 16.6. The highest BCUT2D eigenvalue weighted by molar-refractivity contribution is 5.38. The summed E-state index contributed by atoms with van der Waals surface area (Å²) in [6, 6.07) is 8.29. The molecule has 2 rings (SSSR count). The van der Waals surface area contributed by atoms with Gasteiger partial charge < -0.3 is 5.32 Å². The maximum Gasteiger partial charge on any atom is 0.269 e. The smallest absolute Gasteiger partial charge is 0.269 e. The summed E-state index contributed by atoms with van der Waals surface area (Å²) >= 11 is 0. The third-order valence-electron chi connectivity index (χ3n) is 2.41. The van der Waals surface area contributed by atoms with Gasteiger partial charge in [-0.25, -0.2) is 0 Å². The molecule has 0 saturated heterocycles. The minimum absolute atomic E-state index is 0.0918. The van der Waals surface area contributed by atoms with Crippen LogP contribution in [-0.2, 0) is 6.54 Å². The molecule has 6 heteroatoms. The Morgan fingerprint density at radius 1 is 1.33 bits per heavy atom. The SMILES string of the molecule is Cc1cnnc(NCc2ccc([N+](=O)[O-])cc2)c1. The highest BCUT2D eigenvalue weighted by Crippen LogP contribution is 2.13. The molecule has 1 aromatic carbocycles. The van der Waals surface area contributed by atoms with E-state index >= 15 is 0 Å². The summed E-state index contributed by atoms with van der Waals surface area (Å²) < 4.78 is 0. The molecule has 92 valence electrons. The minimum atomic E-state index is -0.413. The summed E-state index contributed by atoms with van der Waals surface area (Å²) in [6.07, 6.45) is 1.68. The van der Waals surface area contributed by atoms with E-state index in [-0.39, 0.29) is 5.69 Å². The van der Waals surface area contributed by atoms with E-state index in [9.17, 15) is 10.1 Å². The molecular formula is C12H12N4O2. The normalized spacial score (nSPS) is 10.1. The Morgan fingerprint density at radius 2 is 2.06 bits per heavy atom. The van der Waals surface area contributed by atoms with E-state index in [0.717, 1.165) is 11.1 Å². The molecule has 0 aliphatic carbocycles. The van der Waals surface area contributed by atoms with Crippen LogP contribution in [0.1, 0.15) is 11.1 Å². The highest BCUT2D eigenvalue weighted by Gasteiger charge is 2.03. The lowest BCUT2D eigenvalue weighted by Gasteiger charge is -2.05. The quantitative estimate of drug-likeness (QED) is 0.659. The number of rotatable bonds is 4. The molecule has 18 heavy (non-hydrogen) atoms. The van der Waals surface area contributed by atoms with Crippen LogP contribution in [0.2, 0.25) is 0 Å². The molecule has 0 aliphatic rings. The topological polar surface area (TPSA) is 81.0 Å². The van der Waals surface area contributed by atoms with Gasteiger partial charge in [-0.15, -0.1) is 5.10 Å². The Morgan fingerprint density at radius 3 is 2.67 bits per heavy atom. The van der Waals surface area contributed by atoms with Crippen LogP contribution in [0.5, 0.6) is 0 Å². The second kappa shape index (κ2) is 5.22. The second-order valence-electron chi connectivity index (χ2n) is 3.90. The average molecular weight is 244 g/mol. The molecule has 0 spiro atoms. The summed E-state index contributed by atoms with van der Waals surface area (Å²) in [4.78, 5) is 10.1. The van der Waals surface area contributed by atoms with Gasteiger partial charge in [0.05, 0.1) is 11.1 Å². The summed E-state index contributed by atoms with van der Waals surface area (Å²) in [5.41, 5.74) is 2.06. The molecule has 0 aliphatic heterocycles. The van der Waals surface area contributed by atoms with Gasteiger partial charge in [0, 0.05) is 18.7 Å². The van der Waals surface area contributed by atoms with Gasteiger partial charge in [0.2, 0.25) is 0 Å². The number of non-ortho nitro benzene ring substituents is 1. The van der Waals surface area contributed by atoms with Crippen LogP contribution in [0.15, 0.2) is 36.5 Å². The third kappa shape index (κ3) is 3.00. The number of benzene rings is 1. The first-order chi connectivity index (χ1) is 8.65. The first-order valence-electron chi connectivity index (χ1n) is 5.42. The number of hydrogen-bond acceptors (Lipinski definition) is 5. The molecule has 1 N–H and O–H groups in total. The zero-order valence-electron chi connectivity index (χ0n) is 9.83. The molecule has 1 heterocycles. The molecule has 0 atom stereocenters. The Balaban J connectivity index is 2.00. The molecular weight excluding hydrogens is 232 g/mol. The van der Waals surface area contributed by atoms with Crippen LogP contribution in [0, 0.1) is 17.0 Å². The number of aromatic nitrogens is 2. The summed E-state index contributed by atoms with van der Waals surface area (Å²) in [7, 11) is 0. The molecule has 0 saturated carbocycles. The third-order valence-corrected chi connectivity index (χ3v) is 2.41. The van der Waals surface area contributed by atoms with Gasteiger partial charge in [0.25, 0.3) is 5.69 Å². The fourth-order valence-electron chi connectivity index (χ4n) is 1.48. The van der Waals surface area contributed by atoms with Crippen LogP contribution < -0.4 is 5.32 Å². The Bertz CT molecular complexity index is 554. The molecule has 2 aromatic rings. The van der Waals surface area contributed by atoms with Crippen molar-refractivity contribution in [2.45, 2.75) is 13.5 Å². The van der Waals surface area contributed by atoms with E-state index < -0.39 is 4.92 Å². The van der Waals surface area contributed by atoms with Crippen LogP contribution in [0.4, 0.5) is 11.5 Å². The number of aryl methyl sites for hydroxylation is 1. The fraction of sp³-hybridized carbons (Fsp3) is 0.167. The van der Waals surface area contributed by atoms with Gasteiger partial charge in [-0.2, -0.15) is 5.10 Å². The minimum Gasteiger partial charge on any atom is -0.364 e. The predicted octanol–water partition coefficient (Wildman–Crippen LogP) is 2.31. The van der Waals surface area contributed by atoms with Crippen molar-refractivity contribution in [3.8, 4) is 0 Å². The molecule has 6 nitrogen and oxygen atoms in total. The average Bonchev–Trinajstić information content (AvgIpc) is 2.37. The van der Waals surface area contributed by atoms with Crippen LogP contribution in [0.25, 0.3) is 0 Å². The monoisotopic (exact) mass is 244 g/mol. The number of nitrogens with zero attached hydrogens (tertiary/aromatic N) is 3. The summed E-state index contributed by atoms with van der Waals surface area (Å²) in [5, 5.41) is 21.4. The number of hydrogen-bond donors (Lipinski definition) is 1. The van der Waals surface area contributed by atoms with Crippen LogP contribution >= 0.6 is 0 Å². The van der Waals surface area contributed by atoms with E-state index in [0.29, 0.717) is 12.4 Å². The number of nitro groups is 1. The number of nitro benzene ring substituents is 1. The first-order valence-corrected chi connectivity index (χ1v) is 5.42. The van der Waals surface area contributed by atoms with E-state index in [2.05, 4.69) is 15.5 Å². The van der Waals surface area contributed by atoms with Crippen LogP contribution in [0.3, 0.4) is 0 Å².